The van der Waals surface area contributed by atoms with Gasteiger partial charge in [0.15, 0.2) is 0 Å². The zero-order valence-corrected chi connectivity index (χ0v) is 13.2. The highest BCUT2D eigenvalue weighted by atomic mass is 35.5. The van der Waals surface area contributed by atoms with Gasteiger partial charge >= 0.3 is 0 Å². The zero-order chi connectivity index (χ0) is 15.9. The van der Waals surface area contributed by atoms with Crippen molar-refractivity contribution in [2.45, 2.75) is 25.8 Å². The van der Waals surface area contributed by atoms with Crippen LogP contribution >= 0.6 is 11.6 Å². The zero-order valence-electron chi connectivity index (χ0n) is 12.5. The predicted octanol–water partition coefficient (Wildman–Crippen LogP) is 4.53. The number of halogens is 1. The summed E-state index contributed by atoms with van der Waals surface area (Å²) >= 11 is 5.86. The van der Waals surface area contributed by atoms with Crippen LogP contribution in [0.25, 0.3) is 0 Å². The van der Waals surface area contributed by atoms with Crippen LogP contribution in [0.4, 0.5) is 5.69 Å². The van der Waals surface area contributed by atoms with Crippen molar-refractivity contribution in [2.24, 2.45) is 0 Å². The Kier molecular flexibility index (Phi) is 5.92. The molecule has 116 valence electrons. The molecule has 2 aromatic carbocycles. The fourth-order valence-corrected chi connectivity index (χ4v) is 2.52. The molecule has 0 saturated carbocycles. The predicted molar refractivity (Wildman–Crippen MR) is 89.3 cm³/mol. The number of hydrogen-bond acceptors (Lipinski definition) is 3. The molecule has 0 aromatic heterocycles. The van der Waals surface area contributed by atoms with E-state index in [4.69, 9.17) is 11.6 Å². The van der Waals surface area contributed by atoms with Crippen LogP contribution in [0.3, 0.4) is 0 Å². The summed E-state index contributed by atoms with van der Waals surface area (Å²) in [6.45, 7) is 2.75. The smallest absolute Gasteiger partial charge is 0.274 e. The SMILES string of the molecule is CC(NCCCc1ccc(Cl)cc1)c1ccccc1[N+](=O)[O-]. The van der Waals surface area contributed by atoms with Crippen LogP contribution in [0.5, 0.6) is 0 Å². The van der Waals surface area contributed by atoms with Gasteiger partial charge in [-0.1, -0.05) is 41.9 Å². The minimum atomic E-state index is -0.332. The van der Waals surface area contributed by atoms with Crippen molar-refractivity contribution >= 4 is 17.3 Å². The number of hydrogen-bond donors (Lipinski definition) is 1. The van der Waals surface area contributed by atoms with Crippen LogP contribution in [0.2, 0.25) is 5.02 Å². The second-order valence-electron chi connectivity index (χ2n) is 5.22. The second-order valence-corrected chi connectivity index (χ2v) is 5.66. The van der Waals surface area contributed by atoms with Crippen LogP contribution in [-0.2, 0) is 6.42 Å². The number of rotatable bonds is 7. The average molecular weight is 319 g/mol. The summed E-state index contributed by atoms with van der Waals surface area (Å²) in [6, 6.07) is 14.6. The summed E-state index contributed by atoms with van der Waals surface area (Å²) in [7, 11) is 0. The third-order valence-corrected chi connectivity index (χ3v) is 3.86. The Morgan fingerprint density at radius 3 is 2.55 bits per heavy atom. The third-order valence-electron chi connectivity index (χ3n) is 3.61. The lowest BCUT2D eigenvalue weighted by molar-refractivity contribution is -0.385. The van der Waals surface area contributed by atoms with Crippen molar-refractivity contribution < 1.29 is 4.92 Å². The first-order valence-electron chi connectivity index (χ1n) is 7.29. The molecule has 1 atom stereocenters. The van der Waals surface area contributed by atoms with Gasteiger partial charge < -0.3 is 5.32 Å². The van der Waals surface area contributed by atoms with Gasteiger partial charge in [0.2, 0.25) is 0 Å². The third kappa shape index (κ3) is 4.55. The number of aryl methyl sites for hydroxylation is 1. The van der Waals surface area contributed by atoms with Gasteiger partial charge in [-0.3, -0.25) is 10.1 Å². The van der Waals surface area contributed by atoms with E-state index in [1.165, 1.54) is 5.56 Å². The Morgan fingerprint density at radius 2 is 1.86 bits per heavy atom. The standard InChI is InChI=1S/C17H19ClN2O2/c1-13(16-6-2-3-7-17(16)20(21)22)19-12-4-5-14-8-10-15(18)11-9-14/h2-3,6-11,13,19H,4-5,12H2,1H3. The van der Waals surface area contributed by atoms with Crippen molar-refractivity contribution in [3.63, 3.8) is 0 Å². The van der Waals surface area contributed by atoms with Crippen LogP contribution in [0.1, 0.15) is 30.5 Å². The number of nitrogens with zero attached hydrogens (tertiary/aromatic N) is 1. The quantitative estimate of drug-likeness (QED) is 0.463. The van der Waals surface area contributed by atoms with Crippen molar-refractivity contribution in [1.29, 1.82) is 0 Å². The van der Waals surface area contributed by atoms with Crippen molar-refractivity contribution in [3.05, 3.63) is 74.8 Å². The van der Waals surface area contributed by atoms with Gasteiger partial charge in [0.05, 0.1) is 4.92 Å². The fourth-order valence-electron chi connectivity index (χ4n) is 2.39. The van der Waals surface area contributed by atoms with E-state index in [9.17, 15) is 10.1 Å². The van der Waals surface area contributed by atoms with Gasteiger partial charge in [0.1, 0.15) is 0 Å². The molecule has 2 rings (SSSR count). The lowest BCUT2D eigenvalue weighted by atomic mass is 10.1. The van der Waals surface area contributed by atoms with Gasteiger partial charge in [0, 0.05) is 22.7 Å². The van der Waals surface area contributed by atoms with Crippen molar-refractivity contribution in [2.75, 3.05) is 6.54 Å². The van der Waals surface area contributed by atoms with E-state index < -0.39 is 0 Å². The number of benzene rings is 2. The molecule has 1 unspecified atom stereocenters. The van der Waals surface area contributed by atoms with E-state index >= 15 is 0 Å². The molecule has 4 nitrogen and oxygen atoms in total. The Bertz CT molecular complexity index is 629. The maximum absolute atomic E-state index is 11.0. The molecule has 22 heavy (non-hydrogen) atoms. The van der Waals surface area contributed by atoms with Crippen molar-refractivity contribution in [1.82, 2.24) is 5.32 Å². The van der Waals surface area contributed by atoms with E-state index in [0.717, 1.165) is 30.0 Å². The largest absolute Gasteiger partial charge is 0.310 e. The average Bonchev–Trinajstić information content (AvgIpc) is 2.53. The van der Waals surface area contributed by atoms with Crippen molar-refractivity contribution in [3.8, 4) is 0 Å². The van der Waals surface area contributed by atoms with E-state index in [1.54, 1.807) is 18.2 Å². The summed E-state index contributed by atoms with van der Waals surface area (Å²) in [5.41, 5.74) is 2.13. The van der Waals surface area contributed by atoms with Crippen LogP contribution < -0.4 is 5.32 Å². The topological polar surface area (TPSA) is 55.2 Å². The first-order chi connectivity index (χ1) is 10.6. The van der Waals surface area contributed by atoms with Crippen LogP contribution in [-0.4, -0.2) is 11.5 Å². The number of para-hydroxylation sites is 1. The van der Waals surface area contributed by atoms with Gasteiger partial charge in [-0.2, -0.15) is 0 Å². The maximum Gasteiger partial charge on any atom is 0.274 e. The minimum absolute atomic E-state index is 0.0492. The minimum Gasteiger partial charge on any atom is -0.310 e. The monoisotopic (exact) mass is 318 g/mol. The first-order valence-corrected chi connectivity index (χ1v) is 7.67. The first kappa shape index (κ1) is 16.5. The molecule has 0 bridgehead atoms. The van der Waals surface area contributed by atoms with Gasteiger partial charge in [-0.15, -0.1) is 0 Å². The van der Waals surface area contributed by atoms with Gasteiger partial charge in [-0.05, 0) is 44.0 Å². The molecule has 0 aliphatic carbocycles. The fraction of sp³-hybridized carbons (Fsp3) is 0.294. The van der Waals surface area contributed by atoms with Crippen LogP contribution in [0.15, 0.2) is 48.5 Å². The summed E-state index contributed by atoms with van der Waals surface area (Å²) < 4.78 is 0. The summed E-state index contributed by atoms with van der Waals surface area (Å²) in [5, 5.41) is 15.1. The highest BCUT2D eigenvalue weighted by Crippen LogP contribution is 2.24. The highest BCUT2D eigenvalue weighted by Gasteiger charge is 2.17. The maximum atomic E-state index is 11.0. The summed E-state index contributed by atoms with van der Waals surface area (Å²) in [5.74, 6) is 0. The van der Waals surface area contributed by atoms with E-state index in [1.807, 2.05) is 37.3 Å². The molecule has 1 N–H and O–H groups in total. The molecule has 5 heteroatoms. The number of nitro groups is 1. The molecular formula is C17H19ClN2O2. The normalized spacial score (nSPS) is 12.1. The molecule has 0 saturated heterocycles. The van der Waals surface area contributed by atoms with Gasteiger partial charge in [-0.25, -0.2) is 0 Å². The molecule has 0 spiro atoms. The van der Waals surface area contributed by atoms with Gasteiger partial charge in [0.25, 0.3) is 5.69 Å². The molecule has 0 heterocycles. The number of nitro benzene ring substituents is 1. The lowest BCUT2D eigenvalue weighted by Crippen LogP contribution is -2.21. The number of nitrogens with one attached hydrogen (secondary N) is 1. The summed E-state index contributed by atoms with van der Waals surface area (Å²) in [6.07, 6.45) is 1.92. The van der Waals surface area contributed by atoms with E-state index in [2.05, 4.69) is 5.32 Å². The molecule has 2 aromatic rings. The lowest BCUT2D eigenvalue weighted by Gasteiger charge is -2.14. The molecule has 0 amide bonds. The molecule has 0 fully saturated rings. The van der Waals surface area contributed by atoms with E-state index in [0.29, 0.717) is 0 Å². The molecule has 0 aliphatic heterocycles. The second kappa shape index (κ2) is 7.92. The molecule has 0 radical (unpaired) electrons. The Labute approximate surface area is 135 Å². The van der Waals surface area contributed by atoms with E-state index in [-0.39, 0.29) is 16.7 Å². The Hall–Kier alpha value is -1.91. The van der Waals surface area contributed by atoms with Crippen LogP contribution in [0, 0.1) is 10.1 Å². The Morgan fingerprint density at radius 1 is 1.18 bits per heavy atom. The highest BCUT2D eigenvalue weighted by molar-refractivity contribution is 6.30. The Balaban J connectivity index is 1.84. The molecule has 0 aliphatic rings. The molecular weight excluding hydrogens is 300 g/mol. The summed E-state index contributed by atoms with van der Waals surface area (Å²) in [4.78, 5) is 10.7.